The maximum absolute atomic E-state index is 12.9. The minimum Gasteiger partial charge on any atom is -0.469 e. The number of methoxy groups -OCH3 is 3. The van der Waals surface area contributed by atoms with Crippen molar-refractivity contribution in [2.75, 3.05) is 21.3 Å². The molecule has 0 aliphatic carbocycles. The summed E-state index contributed by atoms with van der Waals surface area (Å²) in [6, 6.07) is 6.28. The largest absolute Gasteiger partial charge is 0.469 e. The molecule has 2 amide bonds. The third kappa shape index (κ3) is 8.79. The van der Waals surface area contributed by atoms with E-state index in [1.165, 1.54) is 0 Å². The van der Waals surface area contributed by atoms with E-state index in [0.717, 1.165) is 26.9 Å². The van der Waals surface area contributed by atoms with Gasteiger partial charge in [0.2, 0.25) is 5.91 Å². The Morgan fingerprint density at radius 2 is 1.42 bits per heavy atom. The zero-order valence-electron chi connectivity index (χ0n) is 19.3. The van der Waals surface area contributed by atoms with E-state index in [4.69, 9.17) is 4.74 Å². The molecule has 11 nitrogen and oxygen atoms in total. The van der Waals surface area contributed by atoms with Gasteiger partial charge in [-0.3, -0.25) is 14.4 Å². The second-order valence-electron chi connectivity index (χ2n) is 7.35. The van der Waals surface area contributed by atoms with Crippen LogP contribution in [0.4, 0.5) is 4.79 Å². The highest BCUT2D eigenvalue weighted by Crippen LogP contribution is 2.15. The lowest BCUT2D eigenvalue weighted by atomic mass is 9.94. The smallest absolute Gasteiger partial charge is 0.408 e. The fourth-order valence-corrected chi connectivity index (χ4v) is 2.87. The molecule has 0 saturated carbocycles. The molecule has 0 radical (unpaired) electrons. The van der Waals surface area contributed by atoms with Crippen LogP contribution in [0.25, 0.3) is 0 Å². The number of benzene rings is 1. The van der Waals surface area contributed by atoms with Crippen molar-refractivity contribution >= 4 is 29.9 Å². The van der Waals surface area contributed by atoms with E-state index in [0.29, 0.717) is 0 Å². The summed E-state index contributed by atoms with van der Waals surface area (Å²) < 4.78 is 19.1. The normalized spacial score (nSPS) is 13.2. The maximum Gasteiger partial charge on any atom is 0.408 e. The third-order valence-electron chi connectivity index (χ3n) is 4.71. The Morgan fingerprint density at radius 1 is 0.818 bits per heavy atom. The Morgan fingerprint density at radius 3 is 1.94 bits per heavy atom. The maximum atomic E-state index is 12.9. The van der Waals surface area contributed by atoms with Crippen LogP contribution in [-0.2, 0) is 44.7 Å². The van der Waals surface area contributed by atoms with Crippen molar-refractivity contribution in [3.8, 4) is 0 Å². The quantitative estimate of drug-likeness (QED) is 0.359. The standard InChI is InChI=1S/C22H30N2O9/c1-13(2)17(24-22(29)33-12-14-9-7-6-8-10-14)19(26)23-18(21(28)32-5)15(20(27)31-4)11-16(25)30-3/h6-10,13,15,17-18H,11-12H2,1-5H3,(H,23,26)(H,24,29)/t15-,17+,18+/m0/s1. The number of nitrogens with one attached hydrogen (secondary N) is 2. The molecule has 0 fully saturated rings. The van der Waals surface area contributed by atoms with Gasteiger partial charge in [-0.2, -0.15) is 0 Å². The fourth-order valence-electron chi connectivity index (χ4n) is 2.87. The molecule has 1 aromatic rings. The van der Waals surface area contributed by atoms with Crippen molar-refractivity contribution in [1.29, 1.82) is 0 Å². The Labute approximate surface area is 192 Å². The monoisotopic (exact) mass is 466 g/mol. The van der Waals surface area contributed by atoms with E-state index in [9.17, 15) is 24.0 Å². The van der Waals surface area contributed by atoms with Crippen molar-refractivity contribution in [2.45, 2.75) is 39.0 Å². The van der Waals surface area contributed by atoms with Gasteiger partial charge in [0.25, 0.3) is 0 Å². The molecular formula is C22H30N2O9. The average molecular weight is 466 g/mol. The molecule has 0 aliphatic rings. The number of esters is 3. The molecule has 0 aromatic heterocycles. The number of hydrogen-bond donors (Lipinski definition) is 2. The molecule has 0 aliphatic heterocycles. The molecule has 2 N–H and O–H groups in total. The lowest BCUT2D eigenvalue weighted by Crippen LogP contribution is -2.57. The van der Waals surface area contributed by atoms with Crippen LogP contribution in [0.2, 0.25) is 0 Å². The molecule has 0 unspecified atom stereocenters. The third-order valence-corrected chi connectivity index (χ3v) is 4.71. The summed E-state index contributed by atoms with van der Waals surface area (Å²) in [6.07, 6.45) is -1.39. The molecule has 1 aromatic carbocycles. The van der Waals surface area contributed by atoms with E-state index in [1.54, 1.807) is 38.1 Å². The van der Waals surface area contributed by atoms with Gasteiger partial charge in [-0.05, 0) is 11.5 Å². The van der Waals surface area contributed by atoms with Crippen molar-refractivity contribution in [3.63, 3.8) is 0 Å². The number of ether oxygens (including phenoxy) is 4. The molecule has 0 heterocycles. The highest BCUT2D eigenvalue weighted by atomic mass is 16.6. The molecule has 11 heteroatoms. The van der Waals surface area contributed by atoms with Crippen LogP contribution < -0.4 is 10.6 Å². The van der Waals surface area contributed by atoms with E-state index in [2.05, 4.69) is 24.8 Å². The highest BCUT2D eigenvalue weighted by Gasteiger charge is 2.40. The molecule has 3 atom stereocenters. The molecule has 182 valence electrons. The van der Waals surface area contributed by atoms with Gasteiger partial charge in [-0.15, -0.1) is 0 Å². The zero-order chi connectivity index (χ0) is 25.0. The number of rotatable bonds is 11. The molecule has 0 spiro atoms. The van der Waals surface area contributed by atoms with Crippen LogP contribution in [0.15, 0.2) is 30.3 Å². The van der Waals surface area contributed by atoms with Crippen molar-refractivity contribution < 1.29 is 42.9 Å². The zero-order valence-corrected chi connectivity index (χ0v) is 19.3. The number of carbonyl (C=O) groups excluding carboxylic acids is 5. The van der Waals surface area contributed by atoms with Gasteiger partial charge >= 0.3 is 24.0 Å². The number of carbonyl (C=O) groups is 5. The van der Waals surface area contributed by atoms with Gasteiger partial charge in [-0.1, -0.05) is 44.2 Å². The first kappa shape index (κ1) is 27.4. The van der Waals surface area contributed by atoms with Gasteiger partial charge in [0.05, 0.1) is 33.7 Å². The Balaban J connectivity index is 2.97. The SMILES string of the molecule is COC(=O)C[C@H](C(=O)OC)[C@@H](NC(=O)[C@H](NC(=O)OCc1ccccc1)C(C)C)C(=O)OC. The summed E-state index contributed by atoms with van der Waals surface area (Å²) >= 11 is 0. The van der Waals surface area contributed by atoms with Crippen molar-refractivity contribution in [3.05, 3.63) is 35.9 Å². The summed E-state index contributed by atoms with van der Waals surface area (Å²) in [4.78, 5) is 61.5. The fraction of sp³-hybridized carbons (Fsp3) is 0.500. The van der Waals surface area contributed by atoms with Crippen LogP contribution in [-0.4, -0.2) is 63.3 Å². The first-order valence-electron chi connectivity index (χ1n) is 10.1. The van der Waals surface area contributed by atoms with Crippen LogP contribution in [0.3, 0.4) is 0 Å². The average Bonchev–Trinajstić information content (AvgIpc) is 2.82. The number of amides is 2. The minimum atomic E-state index is -1.56. The van der Waals surface area contributed by atoms with Crippen molar-refractivity contribution in [2.24, 2.45) is 11.8 Å². The Kier molecular flexibility index (Phi) is 11.4. The Hall–Kier alpha value is -3.63. The molecule has 0 saturated heterocycles. The first-order chi connectivity index (χ1) is 15.6. The topological polar surface area (TPSA) is 146 Å². The summed E-state index contributed by atoms with van der Waals surface area (Å²) in [7, 11) is 3.25. The van der Waals surface area contributed by atoms with Gasteiger partial charge in [0.1, 0.15) is 18.7 Å². The predicted octanol–water partition coefficient (Wildman–Crippen LogP) is 0.948. The molecular weight excluding hydrogens is 436 g/mol. The van der Waals surface area contributed by atoms with Gasteiger partial charge in [0, 0.05) is 0 Å². The lowest BCUT2D eigenvalue weighted by molar-refractivity contribution is -0.159. The van der Waals surface area contributed by atoms with Crippen LogP contribution in [0, 0.1) is 11.8 Å². The predicted molar refractivity (Wildman–Crippen MR) is 114 cm³/mol. The van der Waals surface area contributed by atoms with Gasteiger partial charge < -0.3 is 29.6 Å². The second kappa shape index (κ2) is 13.7. The molecule has 1 rings (SSSR count). The van der Waals surface area contributed by atoms with Gasteiger partial charge in [-0.25, -0.2) is 9.59 Å². The number of hydrogen-bond acceptors (Lipinski definition) is 9. The minimum absolute atomic E-state index is 0.00651. The van der Waals surface area contributed by atoms with Crippen LogP contribution in [0.1, 0.15) is 25.8 Å². The van der Waals surface area contributed by atoms with Crippen molar-refractivity contribution in [1.82, 2.24) is 10.6 Å². The molecule has 33 heavy (non-hydrogen) atoms. The van der Waals surface area contributed by atoms with Crippen LogP contribution in [0.5, 0.6) is 0 Å². The highest BCUT2D eigenvalue weighted by molar-refractivity contribution is 5.93. The van der Waals surface area contributed by atoms with Crippen LogP contribution >= 0.6 is 0 Å². The lowest BCUT2D eigenvalue weighted by Gasteiger charge is -2.27. The van der Waals surface area contributed by atoms with E-state index >= 15 is 0 Å². The van der Waals surface area contributed by atoms with E-state index < -0.39 is 60.2 Å². The summed E-state index contributed by atoms with van der Waals surface area (Å²) in [5, 5.41) is 4.83. The second-order valence-corrected chi connectivity index (χ2v) is 7.35. The summed E-state index contributed by atoms with van der Waals surface area (Å²) in [5.74, 6) is -5.29. The molecule has 0 bridgehead atoms. The van der Waals surface area contributed by atoms with Gasteiger partial charge in [0.15, 0.2) is 0 Å². The summed E-state index contributed by atoms with van der Waals surface area (Å²) in [5.41, 5.74) is 0.757. The van der Waals surface area contributed by atoms with E-state index in [1.807, 2.05) is 6.07 Å². The Bertz CT molecular complexity index is 826. The first-order valence-corrected chi connectivity index (χ1v) is 10.1. The summed E-state index contributed by atoms with van der Waals surface area (Å²) in [6.45, 7) is 3.33. The number of alkyl carbamates (subject to hydrolysis) is 1. The van der Waals surface area contributed by atoms with E-state index in [-0.39, 0.29) is 6.61 Å².